The van der Waals surface area contributed by atoms with Gasteiger partial charge in [-0.3, -0.25) is 0 Å². The lowest BCUT2D eigenvalue weighted by atomic mass is 10.1. The highest BCUT2D eigenvalue weighted by Gasteiger charge is 2.04. The fourth-order valence-electron chi connectivity index (χ4n) is 1.85. The normalized spacial score (nSPS) is 10.6. The molecule has 4 heteroatoms. The molecule has 0 unspecified atom stereocenters. The molecular formula is C16H20N2OS. The molecule has 2 amide bonds. The lowest BCUT2D eigenvalue weighted by molar-refractivity contribution is 0.251. The Bertz CT molecular complexity index is 549. The minimum Gasteiger partial charge on any atom is -0.338 e. The number of rotatable bonds is 5. The Morgan fingerprint density at radius 3 is 2.80 bits per heavy atom. The van der Waals surface area contributed by atoms with Gasteiger partial charge in [0.1, 0.15) is 0 Å². The fraction of sp³-hybridized carbons (Fsp3) is 0.312. The summed E-state index contributed by atoms with van der Waals surface area (Å²) in [5.74, 6) is 0.595. The van der Waals surface area contributed by atoms with Crippen LogP contribution >= 0.6 is 11.3 Å². The van der Waals surface area contributed by atoms with Crippen LogP contribution in [0, 0.1) is 5.92 Å². The van der Waals surface area contributed by atoms with Crippen LogP contribution in [0.1, 0.15) is 20.3 Å². The molecule has 2 aromatic rings. The van der Waals surface area contributed by atoms with E-state index in [0.29, 0.717) is 12.5 Å². The second-order valence-electron chi connectivity index (χ2n) is 5.16. The van der Waals surface area contributed by atoms with E-state index in [4.69, 9.17) is 0 Å². The molecule has 1 aromatic heterocycles. The molecule has 0 radical (unpaired) electrons. The number of thiophene rings is 1. The molecule has 2 N–H and O–H groups in total. The number of amides is 2. The van der Waals surface area contributed by atoms with E-state index in [1.165, 1.54) is 5.56 Å². The van der Waals surface area contributed by atoms with Crippen LogP contribution in [0.3, 0.4) is 0 Å². The first-order chi connectivity index (χ1) is 9.65. The highest BCUT2D eigenvalue weighted by Crippen LogP contribution is 2.24. The van der Waals surface area contributed by atoms with Crippen molar-refractivity contribution in [2.24, 2.45) is 5.92 Å². The van der Waals surface area contributed by atoms with Gasteiger partial charge in [-0.05, 0) is 52.4 Å². The van der Waals surface area contributed by atoms with Gasteiger partial charge in [0.05, 0.1) is 0 Å². The van der Waals surface area contributed by atoms with Crippen LogP contribution in [-0.4, -0.2) is 12.6 Å². The first-order valence-corrected chi connectivity index (χ1v) is 7.77. The average molecular weight is 288 g/mol. The average Bonchev–Trinajstić information content (AvgIpc) is 2.92. The van der Waals surface area contributed by atoms with Gasteiger partial charge in [-0.15, -0.1) is 0 Å². The Kier molecular flexibility index (Phi) is 5.18. The molecule has 0 bridgehead atoms. The van der Waals surface area contributed by atoms with Gasteiger partial charge in [-0.25, -0.2) is 4.79 Å². The summed E-state index contributed by atoms with van der Waals surface area (Å²) in [5, 5.41) is 9.89. The van der Waals surface area contributed by atoms with E-state index in [1.54, 1.807) is 11.3 Å². The van der Waals surface area contributed by atoms with Gasteiger partial charge in [-0.1, -0.05) is 26.0 Å². The van der Waals surface area contributed by atoms with Crippen molar-refractivity contribution < 1.29 is 4.79 Å². The maximum atomic E-state index is 11.8. The van der Waals surface area contributed by atoms with E-state index in [2.05, 4.69) is 35.9 Å². The topological polar surface area (TPSA) is 41.1 Å². The van der Waals surface area contributed by atoms with Crippen molar-refractivity contribution in [3.05, 3.63) is 41.1 Å². The highest BCUT2D eigenvalue weighted by atomic mass is 32.1. The van der Waals surface area contributed by atoms with Gasteiger partial charge >= 0.3 is 6.03 Å². The minimum atomic E-state index is -0.145. The zero-order valence-electron chi connectivity index (χ0n) is 11.8. The lowest BCUT2D eigenvalue weighted by Crippen LogP contribution is -2.30. The van der Waals surface area contributed by atoms with Gasteiger partial charge < -0.3 is 10.6 Å². The van der Waals surface area contributed by atoms with E-state index in [1.807, 2.05) is 29.6 Å². The number of anilines is 1. The van der Waals surface area contributed by atoms with Crippen LogP contribution in [-0.2, 0) is 0 Å². The summed E-state index contributed by atoms with van der Waals surface area (Å²) in [5.41, 5.74) is 3.11. The van der Waals surface area contributed by atoms with E-state index < -0.39 is 0 Å². The molecule has 0 saturated heterocycles. The number of nitrogens with one attached hydrogen (secondary N) is 2. The van der Waals surface area contributed by atoms with Crippen LogP contribution in [0.4, 0.5) is 10.5 Å². The van der Waals surface area contributed by atoms with E-state index >= 15 is 0 Å². The molecule has 3 nitrogen and oxygen atoms in total. The maximum Gasteiger partial charge on any atom is 0.319 e. The second-order valence-corrected chi connectivity index (χ2v) is 5.94. The molecule has 0 saturated carbocycles. The number of benzene rings is 1. The summed E-state index contributed by atoms with van der Waals surface area (Å²) in [7, 11) is 0. The highest BCUT2D eigenvalue weighted by molar-refractivity contribution is 7.08. The summed E-state index contributed by atoms with van der Waals surface area (Å²) in [6.07, 6.45) is 0.988. The van der Waals surface area contributed by atoms with E-state index in [-0.39, 0.29) is 6.03 Å². The Morgan fingerprint density at radius 1 is 1.25 bits per heavy atom. The molecule has 2 rings (SSSR count). The second kappa shape index (κ2) is 7.10. The zero-order chi connectivity index (χ0) is 14.4. The third-order valence-corrected chi connectivity index (χ3v) is 3.67. The number of carbonyl (C=O) groups excluding carboxylic acids is 1. The molecule has 0 atom stereocenters. The van der Waals surface area contributed by atoms with Crippen molar-refractivity contribution in [1.82, 2.24) is 5.32 Å². The zero-order valence-corrected chi connectivity index (χ0v) is 12.7. The smallest absolute Gasteiger partial charge is 0.319 e. The predicted molar refractivity (Wildman–Crippen MR) is 86.2 cm³/mol. The first kappa shape index (κ1) is 14.6. The van der Waals surface area contributed by atoms with Gasteiger partial charge in [0.2, 0.25) is 0 Å². The number of hydrogen-bond acceptors (Lipinski definition) is 2. The number of carbonyl (C=O) groups is 1. The van der Waals surface area contributed by atoms with Gasteiger partial charge in [0.25, 0.3) is 0 Å². The maximum absolute atomic E-state index is 11.8. The molecule has 0 aliphatic heterocycles. The molecule has 0 spiro atoms. The first-order valence-electron chi connectivity index (χ1n) is 6.82. The van der Waals surface area contributed by atoms with Crippen molar-refractivity contribution in [3.63, 3.8) is 0 Å². The quantitative estimate of drug-likeness (QED) is 0.830. The van der Waals surface area contributed by atoms with Crippen LogP contribution in [0.25, 0.3) is 11.1 Å². The molecule has 20 heavy (non-hydrogen) atoms. The van der Waals surface area contributed by atoms with E-state index in [9.17, 15) is 4.79 Å². The molecule has 1 aromatic carbocycles. The lowest BCUT2D eigenvalue weighted by Gasteiger charge is -2.09. The van der Waals surface area contributed by atoms with Crippen molar-refractivity contribution in [2.45, 2.75) is 20.3 Å². The Hall–Kier alpha value is -1.81. The summed E-state index contributed by atoms with van der Waals surface area (Å²) in [6, 6.07) is 9.82. The summed E-state index contributed by atoms with van der Waals surface area (Å²) in [6.45, 7) is 4.99. The van der Waals surface area contributed by atoms with Crippen LogP contribution in [0.2, 0.25) is 0 Å². The molecule has 0 fully saturated rings. The van der Waals surface area contributed by atoms with Crippen molar-refractivity contribution in [1.29, 1.82) is 0 Å². The van der Waals surface area contributed by atoms with Crippen LogP contribution in [0.15, 0.2) is 41.1 Å². The molecule has 106 valence electrons. The van der Waals surface area contributed by atoms with Crippen LogP contribution in [0.5, 0.6) is 0 Å². The van der Waals surface area contributed by atoms with Crippen molar-refractivity contribution in [3.8, 4) is 11.1 Å². The van der Waals surface area contributed by atoms with Gasteiger partial charge in [0.15, 0.2) is 0 Å². The minimum absolute atomic E-state index is 0.145. The van der Waals surface area contributed by atoms with Crippen molar-refractivity contribution >= 4 is 23.1 Å². The third-order valence-electron chi connectivity index (χ3n) is 2.98. The SMILES string of the molecule is CC(C)CCNC(=O)Nc1cccc(-c2ccsc2)c1. The standard InChI is InChI=1S/C16H20N2OS/c1-12(2)6-8-17-16(19)18-15-5-3-4-13(10-15)14-7-9-20-11-14/h3-5,7,9-12H,6,8H2,1-2H3,(H2,17,18,19). The molecule has 0 aliphatic rings. The molecule has 1 heterocycles. The van der Waals surface area contributed by atoms with E-state index in [0.717, 1.165) is 17.7 Å². The Balaban J connectivity index is 1.93. The Labute approximate surface area is 124 Å². The fourth-order valence-corrected chi connectivity index (χ4v) is 2.52. The number of hydrogen-bond donors (Lipinski definition) is 2. The summed E-state index contributed by atoms with van der Waals surface area (Å²) >= 11 is 1.67. The van der Waals surface area contributed by atoms with Gasteiger partial charge in [-0.2, -0.15) is 11.3 Å². The summed E-state index contributed by atoms with van der Waals surface area (Å²) < 4.78 is 0. The Morgan fingerprint density at radius 2 is 2.10 bits per heavy atom. The summed E-state index contributed by atoms with van der Waals surface area (Å²) in [4.78, 5) is 11.8. The van der Waals surface area contributed by atoms with Crippen LogP contribution < -0.4 is 10.6 Å². The molecule has 0 aliphatic carbocycles. The monoisotopic (exact) mass is 288 g/mol. The van der Waals surface area contributed by atoms with Gasteiger partial charge in [0, 0.05) is 12.2 Å². The third kappa shape index (κ3) is 4.38. The van der Waals surface area contributed by atoms with Crippen molar-refractivity contribution in [2.75, 3.05) is 11.9 Å². The molecular weight excluding hydrogens is 268 g/mol. The largest absolute Gasteiger partial charge is 0.338 e. The predicted octanol–water partition coefficient (Wildman–Crippen LogP) is 4.58. The number of urea groups is 1.